The average Bonchev–Trinajstić information content (AvgIpc) is 2.77. The van der Waals surface area contributed by atoms with Crippen molar-refractivity contribution in [2.75, 3.05) is 20.4 Å². The largest absolute Gasteiger partial charge is 0.454 e. The fraction of sp³-hybridized carbons (Fsp3) is 0.500. The van der Waals surface area contributed by atoms with Crippen LogP contribution in [0.2, 0.25) is 5.02 Å². The fourth-order valence-corrected chi connectivity index (χ4v) is 1.91. The van der Waals surface area contributed by atoms with Crippen LogP contribution in [0.4, 0.5) is 0 Å². The molecule has 1 aliphatic heterocycles. The number of rotatable bonds is 5. The van der Waals surface area contributed by atoms with Crippen molar-refractivity contribution < 1.29 is 14.2 Å². The van der Waals surface area contributed by atoms with Crippen LogP contribution in [0.25, 0.3) is 0 Å². The molecule has 1 atom stereocenters. The predicted molar refractivity (Wildman–Crippen MR) is 65.8 cm³/mol. The molecule has 0 saturated heterocycles. The number of hydrogen-bond donors (Lipinski definition) is 1. The molecule has 1 aromatic rings. The van der Waals surface area contributed by atoms with Gasteiger partial charge in [0.2, 0.25) is 6.79 Å². The molecular weight excluding hydrogens is 242 g/mol. The predicted octanol–water partition coefficient (Wildman–Crippen LogP) is 2.19. The van der Waals surface area contributed by atoms with Crippen LogP contribution in [0, 0.1) is 0 Å². The SMILES string of the molecule is COC(C)CNCc1cc(Cl)c2c(c1)OCO2. The van der Waals surface area contributed by atoms with Crippen molar-refractivity contribution in [2.45, 2.75) is 19.6 Å². The zero-order valence-electron chi connectivity index (χ0n) is 9.96. The zero-order valence-corrected chi connectivity index (χ0v) is 10.7. The Labute approximate surface area is 106 Å². The molecular formula is C12H16ClNO3. The van der Waals surface area contributed by atoms with Crippen molar-refractivity contribution in [1.29, 1.82) is 0 Å². The molecule has 0 saturated carbocycles. The normalized spacial score (nSPS) is 15.0. The summed E-state index contributed by atoms with van der Waals surface area (Å²) in [6.07, 6.45) is 0.194. The van der Waals surface area contributed by atoms with Crippen LogP contribution in [0.1, 0.15) is 12.5 Å². The third-order valence-corrected chi connectivity index (χ3v) is 2.93. The van der Waals surface area contributed by atoms with Crippen molar-refractivity contribution in [3.05, 3.63) is 22.7 Å². The summed E-state index contributed by atoms with van der Waals surface area (Å²) < 4.78 is 15.7. The molecule has 0 fully saturated rings. The molecule has 94 valence electrons. The van der Waals surface area contributed by atoms with Crippen LogP contribution in [0.5, 0.6) is 11.5 Å². The minimum absolute atomic E-state index is 0.194. The highest BCUT2D eigenvalue weighted by atomic mass is 35.5. The van der Waals surface area contributed by atoms with Gasteiger partial charge in [0, 0.05) is 20.2 Å². The van der Waals surface area contributed by atoms with E-state index in [1.54, 1.807) is 7.11 Å². The third-order valence-electron chi connectivity index (χ3n) is 2.65. The number of fused-ring (bicyclic) bond motifs is 1. The van der Waals surface area contributed by atoms with Gasteiger partial charge in [0.05, 0.1) is 11.1 Å². The quantitative estimate of drug-likeness (QED) is 0.878. The molecule has 0 spiro atoms. The molecule has 1 aliphatic rings. The average molecular weight is 258 g/mol. The Bertz CT molecular complexity index is 398. The molecule has 1 N–H and O–H groups in total. The standard InChI is InChI=1S/C12H16ClNO3/c1-8(15-2)5-14-6-9-3-10(13)12-11(4-9)16-7-17-12/h3-4,8,14H,5-7H2,1-2H3. The van der Waals surface area contributed by atoms with Gasteiger partial charge < -0.3 is 19.5 Å². The van der Waals surface area contributed by atoms with Gasteiger partial charge in [0.15, 0.2) is 11.5 Å². The highest BCUT2D eigenvalue weighted by Gasteiger charge is 2.18. The van der Waals surface area contributed by atoms with Gasteiger partial charge in [-0.2, -0.15) is 0 Å². The first-order valence-electron chi connectivity index (χ1n) is 5.52. The van der Waals surface area contributed by atoms with E-state index in [4.69, 9.17) is 25.8 Å². The lowest BCUT2D eigenvalue weighted by atomic mass is 10.2. The van der Waals surface area contributed by atoms with Gasteiger partial charge in [-0.25, -0.2) is 0 Å². The highest BCUT2D eigenvalue weighted by Crippen LogP contribution is 2.39. The molecule has 0 aromatic heterocycles. The molecule has 1 aromatic carbocycles. The highest BCUT2D eigenvalue weighted by molar-refractivity contribution is 6.32. The van der Waals surface area contributed by atoms with Crippen LogP contribution < -0.4 is 14.8 Å². The van der Waals surface area contributed by atoms with Gasteiger partial charge in [-0.15, -0.1) is 0 Å². The number of ether oxygens (including phenoxy) is 3. The molecule has 4 nitrogen and oxygen atoms in total. The lowest BCUT2D eigenvalue weighted by molar-refractivity contribution is 0.117. The first-order valence-corrected chi connectivity index (χ1v) is 5.90. The number of hydrogen-bond acceptors (Lipinski definition) is 4. The Morgan fingerprint density at radius 3 is 3.06 bits per heavy atom. The number of methoxy groups -OCH3 is 1. The number of benzene rings is 1. The van der Waals surface area contributed by atoms with Crippen molar-refractivity contribution in [1.82, 2.24) is 5.32 Å². The summed E-state index contributed by atoms with van der Waals surface area (Å²) in [5.74, 6) is 1.36. The van der Waals surface area contributed by atoms with E-state index in [9.17, 15) is 0 Å². The van der Waals surface area contributed by atoms with Crippen LogP contribution in [0.15, 0.2) is 12.1 Å². The van der Waals surface area contributed by atoms with Gasteiger partial charge in [-0.3, -0.25) is 0 Å². The van der Waals surface area contributed by atoms with Crippen LogP contribution in [-0.4, -0.2) is 26.6 Å². The monoisotopic (exact) mass is 257 g/mol. The van der Waals surface area contributed by atoms with E-state index >= 15 is 0 Å². The molecule has 5 heteroatoms. The minimum Gasteiger partial charge on any atom is -0.454 e. The van der Waals surface area contributed by atoms with Crippen LogP contribution >= 0.6 is 11.6 Å². The Kier molecular flexibility index (Phi) is 4.10. The Hall–Kier alpha value is -0.970. The Balaban J connectivity index is 1.96. The second kappa shape index (κ2) is 5.58. The molecule has 1 heterocycles. The smallest absolute Gasteiger partial charge is 0.231 e. The summed E-state index contributed by atoms with van der Waals surface area (Å²) in [5.41, 5.74) is 1.07. The molecule has 0 aliphatic carbocycles. The van der Waals surface area contributed by atoms with Crippen LogP contribution in [0.3, 0.4) is 0 Å². The van der Waals surface area contributed by atoms with E-state index in [-0.39, 0.29) is 12.9 Å². The maximum Gasteiger partial charge on any atom is 0.231 e. The van der Waals surface area contributed by atoms with E-state index in [2.05, 4.69) is 5.32 Å². The van der Waals surface area contributed by atoms with E-state index in [1.165, 1.54) is 0 Å². The molecule has 0 bridgehead atoms. The van der Waals surface area contributed by atoms with E-state index in [0.717, 1.165) is 18.7 Å². The van der Waals surface area contributed by atoms with E-state index in [0.29, 0.717) is 16.5 Å². The van der Waals surface area contributed by atoms with Gasteiger partial charge in [-0.1, -0.05) is 11.6 Å². The van der Waals surface area contributed by atoms with Gasteiger partial charge in [0.1, 0.15) is 0 Å². The second-order valence-electron chi connectivity index (χ2n) is 3.99. The Morgan fingerprint density at radius 1 is 1.47 bits per heavy atom. The van der Waals surface area contributed by atoms with Crippen molar-refractivity contribution in [2.24, 2.45) is 0 Å². The van der Waals surface area contributed by atoms with Gasteiger partial charge >= 0.3 is 0 Å². The maximum absolute atomic E-state index is 6.09. The van der Waals surface area contributed by atoms with Crippen molar-refractivity contribution in [3.8, 4) is 11.5 Å². The van der Waals surface area contributed by atoms with Gasteiger partial charge in [0.25, 0.3) is 0 Å². The molecule has 2 rings (SSSR count). The van der Waals surface area contributed by atoms with Crippen LogP contribution in [-0.2, 0) is 11.3 Å². The summed E-state index contributed by atoms with van der Waals surface area (Å²) in [4.78, 5) is 0. The lowest BCUT2D eigenvalue weighted by Gasteiger charge is -2.11. The maximum atomic E-state index is 6.09. The Morgan fingerprint density at radius 2 is 2.29 bits per heavy atom. The topological polar surface area (TPSA) is 39.7 Å². The van der Waals surface area contributed by atoms with E-state index < -0.39 is 0 Å². The number of nitrogens with one attached hydrogen (secondary N) is 1. The molecule has 1 unspecified atom stereocenters. The van der Waals surface area contributed by atoms with Gasteiger partial charge in [-0.05, 0) is 24.6 Å². The molecule has 17 heavy (non-hydrogen) atoms. The molecule has 0 amide bonds. The summed E-state index contributed by atoms with van der Waals surface area (Å²) >= 11 is 6.09. The lowest BCUT2D eigenvalue weighted by Crippen LogP contribution is -2.25. The summed E-state index contributed by atoms with van der Waals surface area (Å²) in [6.45, 7) is 3.78. The minimum atomic E-state index is 0.194. The first kappa shape index (κ1) is 12.5. The third kappa shape index (κ3) is 3.03. The van der Waals surface area contributed by atoms with Crippen molar-refractivity contribution in [3.63, 3.8) is 0 Å². The van der Waals surface area contributed by atoms with Crippen molar-refractivity contribution >= 4 is 11.6 Å². The summed E-state index contributed by atoms with van der Waals surface area (Å²) in [6, 6.07) is 3.83. The molecule has 0 radical (unpaired) electrons. The zero-order chi connectivity index (χ0) is 12.3. The first-order chi connectivity index (χ1) is 8.20. The fourth-order valence-electron chi connectivity index (χ4n) is 1.63. The summed E-state index contributed by atoms with van der Waals surface area (Å²) in [5, 5.41) is 3.88. The summed E-state index contributed by atoms with van der Waals surface area (Å²) in [7, 11) is 1.70. The van der Waals surface area contributed by atoms with E-state index in [1.807, 2.05) is 19.1 Å². The second-order valence-corrected chi connectivity index (χ2v) is 4.40. The number of halogens is 1.